The third-order valence-electron chi connectivity index (χ3n) is 3.45. The molecule has 92 valence electrons. The molecule has 0 bridgehead atoms. The number of aliphatic hydroxyl groups excluding tert-OH is 1. The second-order valence-corrected chi connectivity index (χ2v) is 4.97. The van der Waals surface area contributed by atoms with Gasteiger partial charge in [0.2, 0.25) is 0 Å². The van der Waals surface area contributed by atoms with Gasteiger partial charge in [0.15, 0.2) is 11.0 Å². The lowest BCUT2D eigenvalue weighted by Gasteiger charge is -2.42. The molecule has 2 atom stereocenters. The maximum Gasteiger partial charge on any atom is 0.172 e. The SMILES string of the molecule is O[C@H]1CN2c3cc(Cl)nnc3NC[C@]2(CF)C1. The first-order chi connectivity index (χ1) is 8.14. The van der Waals surface area contributed by atoms with Crippen LogP contribution in [0.2, 0.25) is 5.15 Å². The molecule has 2 aliphatic heterocycles. The Balaban J connectivity index is 2.08. The van der Waals surface area contributed by atoms with Crippen LogP contribution in [0.1, 0.15) is 6.42 Å². The van der Waals surface area contributed by atoms with Crippen molar-refractivity contribution in [1.29, 1.82) is 0 Å². The smallest absolute Gasteiger partial charge is 0.172 e. The van der Waals surface area contributed by atoms with Crippen LogP contribution < -0.4 is 10.2 Å². The number of β-amino-alcohol motifs (C(OH)–C–C–N with tert-alkyl or cyclic N) is 1. The molecular formula is C10H12ClFN4O. The van der Waals surface area contributed by atoms with E-state index >= 15 is 0 Å². The molecular weight excluding hydrogens is 247 g/mol. The van der Waals surface area contributed by atoms with Crippen LogP contribution in [0.5, 0.6) is 0 Å². The van der Waals surface area contributed by atoms with Crippen LogP contribution >= 0.6 is 11.6 Å². The molecule has 7 heteroatoms. The van der Waals surface area contributed by atoms with Crippen LogP contribution in [0.4, 0.5) is 15.9 Å². The number of aliphatic hydroxyl groups is 1. The van der Waals surface area contributed by atoms with E-state index in [4.69, 9.17) is 11.6 Å². The van der Waals surface area contributed by atoms with Crippen LogP contribution in [-0.4, -0.2) is 46.7 Å². The molecule has 0 saturated carbocycles. The molecule has 1 aromatic rings. The minimum Gasteiger partial charge on any atom is -0.391 e. The van der Waals surface area contributed by atoms with E-state index in [-0.39, 0.29) is 5.15 Å². The average molecular weight is 259 g/mol. The van der Waals surface area contributed by atoms with Crippen molar-refractivity contribution in [3.8, 4) is 0 Å². The molecule has 5 nitrogen and oxygen atoms in total. The zero-order chi connectivity index (χ0) is 12.0. The topological polar surface area (TPSA) is 61.3 Å². The van der Waals surface area contributed by atoms with E-state index in [1.54, 1.807) is 6.07 Å². The zero-order valence-corrected chi connectivity index (χ0v) is 9.78. The van der Waals surface area contributed by atoms with Crippen molar-refractivity contribution in [2.45, 2.75) is 18.1 Å². The largest absolute Gasteiger partial charge is 0.391 e. The molecule has 3 heterocycles. The Kier molecular flexibility index (Phi) is 2.38. The third kappa shape index (κ3) is 1.55. The van der Waals surface area contributed by atoms with E-state index in [2.05, 4.69) is 15.5 Å². The number of rotatable bonds is 1. The maximum absolute atomic E-state index is 13.3. The molecule has 17 heavy (non-hydrogen) atoms. The Bertz CT molecular complexity index is 460. The molecule has 2 aliphatic rings. The Labute approximate surface area is 103 Å². The van der Waals surface area contributed by atoms with Gasteiger partial charge in [-0.2, -0.15) is 0 Å². The van der Waals surface area contributed by atoms with Crippen molar-refractivity contribution in [3.63, 3.8) is 0 Å². The fourth-order valence-electron chi connectivity index (χ4n) is 2.65. The number of fused-ring (bicyclic) bond motifs is 3. The Hall–Kier alpha value is -1.14. The van der Waals surface area contributed by atoms with Crippen LogP contribution in [0.25, 0.3) is 0 Å². The van der Waals surface area contributed by atoms with Crippen molar-refractivity contribution >= 4 is 23.1 Å². The summed E-state index contributed by atoms with van der Waals surface area (Å²) in [6, 6.07) is 1.65. The molecule has 1 aromatic heterocycles. The summed E-state index contributed by atoms with van der Waals surface area (Å²) in [5.41, 5.74) is 0.0316. The van der Waals surface area contributed by atoms with Gasteiger partial charge in [-0.05, 0) is 0 Å². The van der Waals surface area contributed by atoms with Crippen LogP contribution in [0.3, 0.4) is 0 Å². The second kappa shape index (κ2) is 3.68. The van der Waals surface area contributed by atoms with Crippen molar-refractivity contribution in [3.05, 3.63) is 11.2 Å². The van der Waals surface area contributed by atoms with Crippen molar-refractivity contribution in [2.75, 3.05) is 30.0 Å². The number of aromatic nitrogens is 2. The van der Waals surface area contributed by atoms with Gasteiger partial charge in [0.25, 0.3) is 0 Å². The Morgan fingerprint density at radius 2 is 2.47 bits per heavy atom. The quantitative estimate of drug-likeness (QED) is 0.782. The summed E-state index contributed by atoms with van der Waals surface area (Å²) < 4.78 is 13.3. The van der Waals surface area contributed by atoms with Crippen molar-refractivity contribution < 1.29 is 9.50 Å². The van der Waals surface area contributed by atoms with E-state index in [1.807, 2.05) is 4.90 Å². The number of hydrogen-bond acceptors (Lipinski definition) is 5. The van der Waals surface area contributed by atoms with Crippen molar-refractivity contribution in [2.24, 2.45) is 0 Å². The van der Waals surface area contributed by atoms with Gasteiger partial charge in [0.05, 0.1) is 17.3 Å². The van der Waals surface area contributed by atoms with E-state index in [1.165, 1.54) is 0 Å². The van der Waals surface area contributed by atoms with E-state index < -0.39 is 18.3 Å². The van der Waals surface area contributed by atoms with Crippen molar-refractivity contribution in [1.82, 2.24) is 10.2 Å². The summed E-state index contributed by atoms with van der Waals surface area (Å²) in [6.07, 6.45) is -0.110. The molecule has 2 N–H and O–H groups in total. The first-order valence-corrected chi connectivity index (χ1v) is 5.81. The summed E-state index contributed by atoms with van der Waals surface area (Å²) >= 11 is 5.81. The Morgan fingerprint density at radius 1 is 1.65 bits per heavy atom. The maximum atomic E-state index is 13.3. The lowest BCUT2D eigenvalue weighted by Crippen LogP contribution is -2.54. The minimum atomic E-state index is -0.682. The van der Waals surface area contributed by atoms with E-state index in [9.17, 15) is 9.50 Å². The number of halogens is 2. The highest BCUT2D eigenvalue weighted by atomic mass is 35.5. The lowest BCUT2D eigenvalue weighted by molar-refractivity contribution is 0.178. The molecule has 1 fully saturated rings. The van der Waals surface area contributed by atoms with Gasteiger partial charge in [0.1, 0.15) is 6.67 Å². The lowest BCUT2D eigenvalue weighted by atomic mass is 9.95. The van der Waals surface area contributed by atoms with Gasteiger partial charge in [-0.3, -0.25) is 0 Å². The predicted octanol–water partition coefficient (Wildman–Crippen LogP) is 0.835. The van der Waals surface area contributed by atoms with Crippen LogP contribution in [-0.2, 0) is 0 Å². The number of nitrogens with zero attached hydrogens (tertiary/aromatic N) is 3. The molecule has 0 unspecified atom stereocenters. The predicted molar refractivity (Wildman–Crippen MR) is 62.2 cm³/mol. The van der Waals surface area contributed by atoms with Crippen LogP contribution in [0.15, 0.2) is 6.07 Å². The summed E-state index contributed by atoms with van der Waals surface area (Å²) in [6.45, 7) is 0.306. The molecule has 1 saturated heterocycles. The summed E-state index contributed by atoms with van der Waals surface area (Å²) in [4.78, 5) is 1.85. The van der Waals surface area contributed by atoms with Crippen LogP contribution in [0, 0.1) is 0 Å². The minimum absolute atomic E-state index is 0.265. The molecule has 3 rings (SSSR count). The highest BCUT2D eigenvalue weighted by Crippen LogP contribution is 2.42. The first kappa shape index (κ1) is 11.0. The van der Waals surface area contributed by atoms with Gasteiger partial charge >= 0.3 is 0 Å². The fraction of sp³-hybridized carbons (Fsp3) is 0.600. The number of nitrogens with one attached hydrogen (secondary N) is 1. The summed E-state index contributed by atoms with van der Waals surface area (Å²) in [5.74, 6) is 0.590. The fourth-order valence-corrected chi connectivity index (χ4v) is 2.79. The zero-order valence-electron chi connectivity index (χ0n) is 9.03. The van der Waals surface area contributed by atoms with Gasteiger partial charge in [-0.25, -0.2) is 4.39 Å². The normalized spacial score (nSPS) is 30.8. The second-order valence-electron chi connectivity index (χ2n) is 4.58. The average Bonchev–Trinajstić information content (AvgIpc) is 2.66. The molecule has 0 spiro atoms. The van der Waals surface area contributed by atoms with Gasteiger partial charge in [-0.15, -0.1) is 10.2 Å². The first-order valence-electron chi connectivity index (χ1n) is 5.43. The summed E-state index contributed by atoms with van der Waals surface area (Å²) in [5, 5.41) is 20.7. The van der Waals surface area contributed by atoms with E-state index in [0.29, 0.717) is 31.0 Å². The third-order valence-corrected chi connectivity index (χ3v) is 3.63. The molecule has 0 aromatic carbocycles. The highest BCUT2D eigenvalue weighted by Gasteiger charge is 2.48. The molecule has 0 amide bonds. The number of hydrogen-bond donors (Lipinski definition) is 2. The standard InChI is InChI=1S/C10H12ClFN4O/c11-8-1-7-9(15-14-8)13-5-10(4-12)2-6(17)3-16(7)10/h1,6,17H,2-5H2,(H,13,15)/t6-,10-/m1/s1. The van der Waals surface area contributed by atoms with Gasteiger partial charge in [-0.1, -0.05) is 11.6 Å². The van der Waals surface area contributed by atoms with E-state index in [0.717, 1.165) is 0 Å². The monoisotopic (exact) mass is 258 g/mol. The Morgan fingerprint density at radius 3 is 3.24 bits per heavy atom. The number of anilines is 2. The highest BCUT2D eigenvalue weighted by molar-refractivity contribution is 6.29. The van der Waals surface area contributed by atoms with Gasteiger partial charge < -0.3 is 15.3 Å². The summed E-state index contributed by atoms with van der Waals surface area (Å²) in [7, 11) is 0. The number of alkyl halides is 1. The molecule has 0 aliphatic carbocycles. The molecule has 0 radical (unpaired) electrons. The van der Waals surface area contributed by atoms with Gasteiger partial charge in [0, 0.05) is 25.6 Å².